The molecule has 0 aliphatic rings. The Hall–Kier alpha value is -1.89. The minimum Gasteiger partial charge on any atom is -0.398 e. The highest BCUT2D eigenvalue weighted by Gasteiger charge is 1.96. The number of nitrogen functional groups attached to an aromatic ring is 1. The summed E-state index contributed by atoms with van der Waals surface area (Å²) in [5.74, 6) is 5.34. The van der Waals surface area contributed by atoms with Crippen molar-refractivity contribution in [1.29, 1.82) is 0 Å². The van der Waals surface area contributed by atoms with Crippen LogP contribution in [0.2, 0.25) is 5.15 Å². The summed E-state index contributed by atoms with van der Waals surface area (Å²) in [7, 11) is 0. The van der Waals surface area contributed by atoms with E-state index in [1.807, 2.05) is 0 Å². The van der Waals surface area contributed by atoms with Gasteiger partial charge >= 0.3 is 0 Å². The van der Waals surface area contributed by atoms with Gasteiger partial charge < -0.3 is 5.73 Å². The first-order valence-corrected chi connectivity index (χ1v) is 4.02. The van der Waals surface area contributed by atoms with Crippen LogP contribution in [0, 0.1) is 11.8 Å². The third-order valence-corrected chi connectivity index (χ3v) is 1.55. The second kappa shape index (κ2) is 4.97. The third-order valence-electron chi connectivity index (χ3n) is 1.34. The Kier molecular flexibility index (Phi) is 3.62. The van der Waals surface area contributed by atoms with Gasteiger partial charge in [0.2, 0.25) is 0 Å². The molecule has 0 bridgehead atoms. The van der Waals surface area contributed by atoms with Crippen LogP contribution in [-0.4, -0.2) is 11.5 Å². The second-order valence-electron chi connectivity index (χ2n) is 2.29. The fourth-order valence-electron chi connectivity index (χ4n) is 0.750. The summed E-state index contributed by atoms with van der Waals surface area (Å²) in [5.41, 5.74) is 14.6. The molecule has 6 heteroatoms. The normalized spacial score (nSPS) is 8.36. The molecule has 2 N–H and O–H groups in total. The minimum absolute atomic E-state index is 0.110. The molecule has 0 spiro atoms. The van der Waals surface area contributed by atoms with Gasteiger partial charge in [0.05, 0.1) is 17.8 Å². The molecular formula is C8H6ClN5. The number of hydrogen-bond acceptors (Lipinski definition) is 3. The van der Waals surface area contributed by atoms with Crippen molar-refractivity contribution in [2.45, 2.75) is 0 Å². The van der Waals surface area contributed by atoms with Crippen molar-refractivity contribution in [1.82, 2.24) is 4.98 Å². The lowest BCUT2D eigenvalue weighted by molar-refractivity contribution is 1.25. The van der Waals surface area contributed by atoms with Gasteiger partial charge in [-0.05, 0) is 11.6 Å². The predicted molar refractivity (Wildman–Crippen MR) is 54.6 cm³/mol. The molecule has 0 aliphatic heterocycles. The lowest BCUT2D eigenvalue weighted by atomic mass is 10.2. The largest absolute Gasteiger partial charge is 0.398 e. The standard InChI is InChI=1S/C8H6ClN5/c9-8-4-7(10)6(5-12-8)2-1-3-13-14-11/h4-5H,3H2,(H2,10,12). The molecule has 0 amide bonds. The molecule has 0 aliphatic carbocycles. The topological polar surface area (TPSA) is 87.7 Å². The maximum atomic E-state index is 7.99. The summed E-state index contributed by atoms with van der Waals surface area (Å²) < 4.78 is 0. The Morgan fingerprint density at radius 1 is 1.71 bits per heavy atom. The molecular weight excluding hydrogens is 202 g/mol. The summed E-state index contributed by atoms with van der Waals surface area (Å²) in [6.45, 7) is 0.110. The minimum atomic E-state index is 0.110. The summed E-state index contributed by atoms with van der Waals surface area (Å²) in [4.78, 5) is 6.38. The van der Waals surface area contributed by atoms with Crippen molar-refractivity contribution < 1.29 is 0 Å². The molecule has 0 saturated heterocycles. The van der Waals surface area contributed by atoms with Crippen molar-refractivity contribution in [3.8, 4) is 11.8 Å². The van der Waals surface area contributed by atoms with E-state index in [9.17, 15) is 0 Å². The number of hydrogen-bond donors (Lipinski definition) is 1. The number of aromatic nitrogens is 1. The van der Waals surface area contributed by atoms with Crippen molar-refractivity contribution in [2.75, 3.05) is 12.3 Å². The Bertz CT molecular complexity index is 439. The number of pyridine rings is 1. The molecule has 0 aromatic carbocycles. The van der Waals surface area contributed by atoms with Gasteiger partial charge in [-0.15, -0.1) is 0 Å². The van der Waals surface area contributed by atoms with Crippen LogP contribution in [0.15, 0.2) is 17.4 Å². The molecule has 70 valence electrons. The van der Waals surface area contributed by atoms with E-state index in [1.165, 1.54) is 12.3 Å². The maximum absolute atomic E-state index is 7.99. The molecule has 1 aromatic rings. The van der Waals surface area contributed by atoms with E-state index in [1.54, 1.807) is 0 Å². The quantitative estimate of drug-likeness (QED) is 0.251. The maximum Gasteiger partial charge on any atom is 0.131 e. The van der Waals surface area contributed by atoms with Crippen molar-refractivity contribution in [3.63, 3.8) is 0 Å². The molecule has 0 atom stereocenters. The zero-order valence-corrected chi connectivity index (χ0v) is 7.86. The summed E-state index contributed by atoms with van der Waals surface area (Å²) >= 11 is 5.59. The van der Waals surface area contributed by atoms with Crippen molar-refractivity contribution in [3.05, 3.63) is 33.4 Å². The summed E-state index contributed by atoms with van der Waals surface area (Å²) in [5, 5.41) is 3.58. The van der Waals surface area contributed by atoms with Crippen LogP contribution in [0.1, 0.15) is 5.56 Å². The van der Waals surface area contributed by atoms with Gasteiger partial charge in [-0.3, -0.25) is 0 Å². The first-order valence-electron chi connectivity index (χ1n) is 3.65. The summed E-state index contributed by atoms with van der Waals surface area (Å²) in [6, 6.07) is 1.51. The molecule has 0 radical (unpaired) electrons. The second-order valence-corrected chi connectivity index (χ2v) is 2.67. The van der Waals surface area contributed by atoms with E-state index in [0.29, 0.717) is 16.4 Å². The van der Waals surface area contributed by atoms with Crippen LogP contribution in [0.4, 0.5) is 5.69 Å². The van der Waals surface area contributed by atoms with Gasteiger partial charge in [0, 0.05) is 11.1 Å². The average molecular weight is 208 g/mol. The lowest BCUT2D eigenvalue weighted by Crippen LogP contribution is -1.91. The third kappa shape index (κ3) is 2.87. The van der Waals surface area contributed by atoms with Crippen molar-refractivity contribution in [2.24, 2.45) is 5.11 Å². The number of azide groups is 1. The molecule has 5 nitrogen and oxygen atoms in total. The van der Waals surface area contributed by atoms with Gasteiger partial charge in [-0.2, -0.15) is 0 Å². The van der Waals surface area contributed by atoms with Gasteiger partial charge in [0.15, 0.2) is 0 Å². The highest BCUT2D eigenvalue weighted by molar-refractivity contribution is 6.29. The number of nitrogens with zero attached hydrogens (tertiary/aromatic N) is 4. The Labute approximate surface area is 85.5 Å². The molecule has 1 heterocycles. The van der Waals surface area contributed by atoms with E-state index in [2.05, 4.69) is 26.9 Å². The molecule has 1 aromatic heterocycles. The van der Waals surface area contributed by atoms with E-state index in [4.69, 9.17) is 22.9 Å². The van der Waals surface area contributed by atoms with E-state index >= 15 is 0 Å². The highest BCUT2D eigenvalue weighted by atomic mass is 35.5. The van der Waals surface area contributed by atoms with Crippen LogP contribution in [0.3, 0.4) is 0 Å². The zero-order chi connectivity index (χ0) is 10.4. The Morgan fingerprint density at radius 3 is 3.14 bits per heavy atom. The Balaban J connectivity index is 2.84. The van der Waals surface area contributed by atoms with Gasteiger partial charge in [-0.1, -0.05) is 28.6 Å². The van der Waals surface area contributed by atoms with Crippen LogP contribution >= 0.6 is 11.6 Å². The highest BCUT2D eigenvalue weighted by Crippen LogP contribution is 2.13. The van der Waals surface area contributed by atoms with Crippen molar-refractivity contribution >= 4 is 17.3 Å². The molecule has 0 fully saturated rings. The molecule has 14 heavy (non-hydrogen) atoms. The fraction of sp³-hybridized carbons (Fsp3) is 0.125. The average Bonchev–Trinajstić information content (AvgIpc) is 2.15. The molecule has 1 rings (SSSR count). The van der Waals surface area contributed by atoms with Crippen LogP contribution in [0.5, 0.6) is 0 Å². The van der Waals surface area contributed by atoms with Crippen LogP contribution in [0.25, 0.3) is 10.4 Å². The fourth-order valence-corrected chi connectivity index (χ4v) is 0.917. The first-order chi connectivity index (χ1) is 6.74. The number of rotatable bonds is 1. The van der Waals surface area contributed by atoms with Gasteiger partial charge in [0.25, 0.3) is 0 Å². The Morgan fingerprint density at radius 2 is 2.50 bits per heavy atom. The van der Waals surface area contributed by atoms with E-state index < -0.39 is 0 Å². The van der Waals surface area contributed by atoms with Gasteiger partial charge in [-0.25, -0.2) is 4.98 Å². The zero-order valence-electron chi connectivity index (χ0n) is 7.11. The van der Waals surface area contributed by atoms with Crippen LogP contribution in [-0.2, 0) is 0 Å². The predicted octanol–water partition coefficient (Wildman–Crippen LogP) is 1.98. The van der Waals surface area contributed by atoms with E-state index in [-0.39, 0.29) is 6.54 Å². The summed E-state index contributed by atoms with van der Waals surface area (Å²) in [6.07, 6.45) is 1.47. The van der Waals surface area contributed by atoms with Crippen LogP contribution < -0.4 is 5.73 Å². The monoisotopic (exact) mass is 207 g/mol. The molecule has 0 saturated carbocycles. The molecule has 0 unspecified atom stereocenters. The number of halogens is 1. The number of anilines is 1. The SMILES string of the molecule is [N-]=[N+]=NCC#Cc1cnc(Cl)cc1N. The van der Waals surface area contributed by atoms with E-state index in [0.717, 1.165) is 0 Å². The lowest BCUT2D eigenvalue weighted by Gasteiger charge is -1.96. The smallest absolute Gasteiger partial charge is 0.131 e. The first kappa shape index (κ1) is 10.2. The van der Waals surface area contributed by atoms with Gasteiger partial charge in [0.1, 0.15) is 5.15 Å². The number of nitrogens with two attached hydrogens (primary N) is 1.